The molecular weight excluding hydrogens is 262 g/mol. The summed E-state index contributed by atoms with van der Waals surface area (Å²) in [5.41, 5.74) is 2.75. The Bertz CT molecular complexity index is 441. The van der Waals surface area contributed by atoms with Gasteiger partial charge in [0.15, 0.2) is 0 Å². The smallest absolute Gasteiger partial charge is 0.106 e. The molecule has 1 aliphatic heterocycles. The van der Waals surface area contributed by atoms with Crippen LogP contribution in [0.1, 0.15) is 49.8 Å². The minimum Gasteiger partial charge on any atom is -0.375 e. The van der Waals surface area contributed by atoms with Gasteiger partial charge in [-0.2, -0.15) is 0 Å². The van der Waals surface area contributed by atoms with E-state index in [1.165, 1.54) is 36.8 Å². The van der Waals surface area contributed by atoms with E-state index >= 15 is 0 Å². The Labute approximate surface area is 128 Å². The summed E-state index contributed by atoms with van der Waals surface area (Å²) in [6, 6.07) is 9.31. The maximum Gasteiger partial charge on any atom is 0.106 e. The van der Waals surface area contributed by atoms with E-state index in [2.05, 4.69) is 36.5 Å². The molecule has 116 valence electrons. The van der Waals surface area contributed by atoms with E-state index in [9.17, 15) is 0 Å². The Morgan fingerprint density at radius 2 is 2.00 bits per heavy atom. The third kappa shape index (κ3) is 3.85. The molecule has 1 unspecified atom stereocenters. The van der Waals surface area contributed by atoms with E-state index in [-0.39, 0.29) is 6.10 Å². The van der Waals surface area contributed by atoms with Gasteiger partial charge < -0.3 is 14.8 Å². The van der Waals surface area contributed by atoms with Crippen molar-refractivity contribution in [2.75, 3.05) is 19.8 Å². The number of ether oxygens (including phenoxy) is 2. The van der Waals surface area contributed by atoms with Crippen LogP contribution < -0.4 is 5.32 Å². The fraction of sp³-hybridized carbons (Fsp3) is 0.667. The number of benzene rings is 1. The van der Waals surface area contributed by atoms with Crippen LogP contribution in [0.3, 0.4) is 0 Å². The molecular formula is C18H27NO2. The first-order chi connectivity index (χ1) is 10.4. The van der Waals surface area contributed by atoms with E-state index in [1.54, 1.807) is 0 Å². The van der Waals surface area contributed by atoms with Gasteiger partial charge in [0.1, 0.15) is 6.10 Å². The van der Waals surface area contributed by atoms with E-state index in [0.717, 1.165) is 19.6 Å². The molecule has 1 fully saturated rings. The van der Waals surface area contributed by atoms with E-state index in [1.807, 2.05) is 0 Å². The average Bonchev–Trinajstić information content (AvgIpc) is 2.54. The van der Waals surface area contributed by atoms with Gasteiger partial charge in [-0.25, -0.2) is 0 Å². The summed E-state index contributed by atoms with van der Waals surface area (Å²) >= 11 is 0. The van der Waals surface area contributed by atoms with Gasteiger partial charge in [-0.1, -0.05) is 31.2 Å². The van der Waals surface area contributed by atoms with Crippen molar-refractivity contribution in [3.8, 4) is 0 Å². The van der Waals surface area contributed by atoms with Gasteiger partial charge in [-0.3, -0.25) is 0 Å². The van der Waals surface area contributed by atoms with Crippen molar-refractivity contribution in [1.82, 2.24) is 5.32 Å². The zero-order valence-electron chi connectivity index (χ0n) is 13.0. The molecule has 0 bridgehead atoms. The number of rotatable bonds is 5. The SMILES string of the molecule is CCNC1CCC(OCC2OCCc3ccccc32)CC1. The standard InChI is InChI=1S/C18H27NO2/c1-2-19-15-7-9-16(10-8-15)21-13-18-17-6-4-3-5-14(17)11-12-20-18/h3-6,15-16,18-19H,2,7-13H2,1H3. The third-order valence-electron chi connectivity index (χ3n) is 4.74. The Morgan fingerprint density at radius 1 is 1.19 bits per heavy atom. The van der Waals surface area contributed by atoms with E-state index in [0.29, 0.717) is 18.8 Å². The highest BCUT2D eigenvalue weighted by Crippen LogP contribution is 2.29. The summed E-state index contributed by atoms with van der Waals surface area (Å²) in [4.78, 5) is 0. The molecule has 1 aromatic carbocycles. The summed E-state index contributed by atoms with van der Waals surface area (Å²) in [6.07, 6.45) is 6.39. The largest absolute Gasteiger partial charge is 0.375 e. The third-order valence-corrected chi connectivity index (χ3v) is 4.74. The first kappa shape index (κ1) is 15.0. The average molecular weight is 289 g/mol. The number of nitrogens with one attached hydrogen (secondary N) is 1. The number of hydrogen-bond donors (Lipinski definition) is 1. The molecule has 1 heterocycles. The first-order valence-corrected chi connectivity index (χ1v) is 8.41. The lowest BCUT2D eigenvalue weighted by Crippen LogP contribution is -2.35. The molecule has 1 aliphatic carbocycles. The molecule has 0 radical (unpaired) electrons. The van der Waals surface area contributed by atoms with Crippen molar-refractivity contribution >= 4 is 0 Å². The summed E-state index contributed by atoms with van der Waals surface area (Å²) in [5, 5.41) is 3.54. The molecule has 1 atom stereocenters. The number of fused-ring (bicyclic) bond motifs is 1. The lowest BCUT2D eigenvalue weighted by atomic mass is 9.92. The minimum absolute atomic E-state index is 0.126. The van der Waals surface area contributed by atoms with Crippen molar-refractivity contribution in [2.24, 2.45) is 0 Å². The van der Waals surface area contributed by atoms with Crippen molar-refractivity contribution < 1.29 is 9.47 Å². The molecule has 3 heteroatoms. The summed E-state index contributed by atoms with van der Waals surface area (Å²) in [7, 11) is 0. The van der Waals surface area contributed by atoms with Crippen molar-refractivity contribution in [3.63, 3.8) is 0 Å². The fourth-order valence-corrected chi connectivity index (χ4v) is 3.56. The second-order valence-corrected chi connectivity index (χ2v) is 6.17. The quantitative estimate of drug-likeness (QED) is 0.902. The van der Waals surface area contributed by atoms with Gasteiger partial charge in [0.2, 0.25) is 0 Å². The fourth-order valence-electron chi connectivity index (χ4n) is 3.56. The van der Waals surface area contributed by atoms with Crippen LogP contribution in [0.15, 0.2) is 24.3 Å². The molecule has 1 N–H and O–H groups in total. The Kier molecular flexibility index (Phi) is 5.28. The zero-order valence-corrected chi connectivity index (χ0v) is 13.0. The summed E-state index contributed by atoms with van der Waals surface area (Å²) in [6.45, 7) is 4.77. The molecule has 0 aromatic heterocycles. The lowest BCUT2D eigenvalue weighted by Gasteiger charge is -2.31. The molecule has 21 heavy (non-hydrogen) atoms. The Hall–Kier alpha value is -0.900. The molecule has 3 nitrogen and oxygen atoms in total. The minimum atomic E-state index is 0.126. The topological polar surface area (TPSA) is 30.5 Å². The highest BCUT2D eigenvalue weighted by atomic mass is 16.5. The maximum atomic E-state index is 6.15. The monoisotopic (exact) mass is 289 g/mol. The van der Waals surface area contributed by atoms with Gasteiger partial charge in [0.05, 0.1) is 19.3 Å². The van der Waals surface area contributed by atoms with Gasteiger partial charge in [0.25, 0.3) is 0 Å². The maximum absolute atomic E-state index is 6.15. The van der Waals surface area contributed by atoms with Crippen molar-refractivity contribution in [2.45, 2.75) is 57.3 Å². The molecule has 0 saturated heterocycles. The van der Waals surface area contributed by atoms with Gasteiger partial charge >= 0.3 is 0 Å². The molecule has 1 aromatic rings. The van der Waals surface area contributed by atoms with Crippen LogP contribution >= 0.6 is 0 Å². The van der Waals surface area contributed by atoms with Crippen LogP contribution in [-0.4, -0.2) is 31.9 Å². The molecule has 0 spiro atoms. The van der Waals surface area contributed by atoms with Crippen molar-refractivity contribution in [1.29, 1.82) is 0 Å². The van der Waals surface area contributed by atoms with Gasteiger partial charge in [-0.15, -0.1) is 0 Å². The predicted octanol–water partition coefficient (Wildman–Crippen LogP) is 3.24. The van der Waals surface area contributed by atoms with Crippen LogP contribution in [0, 0.1) is 0 Å². The van der Waals surface area contributed by atoms with Crippen LogP contribution in [0.4, 0.5) is 0 Å². The van der Waals surface area contributed by atoms with Crippen LogP contribution in [0.5, 0.6) is 0 Å². The van der Waals surface area contributed by atoms with Crippen LogP contribution in [0.25, 0.3) is 0 Å². The summed E-state index contributed by atoms with van der Waals surface area (Å²) in [5.74, 6) is 0. The Morgan fingerprint density at radius 3 is 2.81 bits per heavy atom. The predicted molar refractivity (Wildman–Crippen MR) is 84.5 cm³/mol. The van der Waals surface area contributed by atoms with Crippen molar-refractivity contribution in [3.05, 3.63) is 35.4 Å². The van der Waals surface area contributed by atoms with E-state index in [4.69, 9.17) is 9.47 Å². The van der Waals surface area contributed by atoms with Crippen LogP contribution in [-0.2, 0) is 15.9 Å². The van der Waals surface area contributed by atoms with Gasteiger partial charge in [-0.05, 0) is 49.8 Å². The Balaban J connectivity index is 1.48. The molecule has 1 saturated carbocycles. The highest BCUT2D eigenvalue weighted by Gasteiger charge is 2.25. The molecule has 0 amide bonds. The summed E-state index contributed by atoms with van der Waals surface area (Å²) < 4.78 is 12.1. The second-order valence-electron chi connectivity index (χ2n) is 6.17. The number of hydrogen-bond acceptors (Lipinski definition) is 3. The lowest BCUT2D eigenvalue weighted by molar-refractivity contribution is -0.0614. The normalized spacial score (nSPS) is 29.1. The molecule has 2 aliphatic rings. The molecule has 3 rings (SSSR count). The highest BCUT2D eigenvalue weighted by molar-refractivity contribution is 5.30. The van der Waals surface area contributed by atoms with Crippen LogP contribution in [0.2, 0.25) is 0 Å². The van der Waals surface area contributed by atoms with Gasteiger partial charge in [0, 0.05) is 6.04 Å². The first-order valence-electron chi connectivity index (χ1n) is 8.41. The zero-order chi connectivity index (χ0) is 14.5. The second kappa shape index (κ2) is 7.39. The van der Waals surface area contributed by atoms with E-state index < -0.39 is 0 Å².